The molecule has 1 atom stereocenters. The predicted molar refractivity (Wildman–Crippen MR) is 154 cm³/mol. The highest BCUT2D eigenvalue weighted by atomic mass is 32.1. The molecule has 1 aliphatic heterocycles. The number of hydrogen-bond acceptors (Lipinski definition) is 8. The summed E-state index contributed by atoms with van der Waals surface area (Å²) < 4.78 is 23.5. The third-order valence-electron chi connectivity index (χ3n) is 6.48. The van der Waals surface area contributed by atoms with Gasteiger partial charge in [0.25, 0.3) is 5.56 Å². The molecule has 2 aromatic carbocycles. The number of methoxy groups -OCH3 is 2. The van der Waals surface area contributed by atoms with E-state index in [1.165, 1.54) is 25.6 Å². The van der Waals surface area contributed by atoms with Crippen LogP contribution >= 0.6 is 11.3 Å². The van der Waals surface area contributed by atoms with E-state index in [1.54, 1.807) is 29.7 Å². The number of carbonyl (C=O) groups is 1. The molecular formula is C31H32N2O6S. The maximum atomic E-state index is 13.9. The van der Waals surface area contributed by atoms with Crippen molar-refractivity contribution in [2.75, 3.05) is 34.0 Å². The molecule has 1 aromatic heterocycles. The fourth-order valence-corrected chi connectivity index (χ4v) is 5.47. The third kappa shape index (κ3) is 6.03. The molecule has 0 amide bonds. The van der Waals surface area contributed by atoms with E-state index in [-0.39, 0.29) is 25.4 Å². The first-order valence-corrected chi connectivity index (χ1v) is 13.6. The summed E-state index contributed by atoms with van der Waals surface area (Å²) >= 11 is 1.26. The van der Waals surface area contributed by atoms with Crippen molar-refractivity contribution in [3.05, 3.63) is 90.1 Å². The lowest BCUT2D eigenvalue weighted by Crippen LogP contribution is -2.40. The van der Waals surface area contributed by atoms with E-state index in [4.69, 9.17) is 25.4 Å². The van der Waals surface area contributed by atoms with Crippen molar-refractivity contribution in [2.45, 2.75) is 32.7 Å². The van der Waals surface area contributed by atoms with Crippen molar-refractivity contribution in [1.82, 2.24) is 4.57 Å². The molecule has 0 aliphatic carbocycles. The second-order valence-corrected chi connectivity index (χ2v) is 10.4. The van der Waals surface area contributed by atoms with E-state index in [0.29, 0.717) is 38.0 Å². The topological polar surface area (TPSA) is 88.4 Å². The van der Waals surface area contributed by atoms with Gasteiger partial charge in [0.1, 0.15) is 13.2 Å². The monoisotopic (exact) mass is 560 g/mol. The molecule has 0 spiro atoms. The largest absolute Gasteiger partial charge is 0.493 e. The Balaban J connectivity index is 1.84. The zero-order chi connectivity index (χ0) is 28.8. The van der Waals surface area contributed by atoms with Crippen LogP contribution < -0.4 is 24.4 Å². The summed E-state index contributed by atoms with van der Waals surface area (Å²) in [6.07, 6.45) is 7.07. The average Bonchev–Trinajstić information content (AvgIpc) is 3.25. The first kappa shape index (κ1) is 28.9. The molecule has 0 saturated heterocycles. The molecule has 0 radical (unpaired) electrons. The number of ether oxygens (including phenoxy) is 4. The van der Waals surface area contributed by atoms with Crippen LogP contribution in [0, 0.1) is 12.3 Å². The Morgan fingerprint density at radius 1 is 1.15 bits per heavy atom. The zero-order valence-corrected chi connectivity index (χ0v) is 24.0. The Labute approximate surface area is 237 Å². The Bertz CT molecular complexity index is 1640. The second kappa shape index (κ2) is 12.8. The van der Waals surface area contributed by atoms with Gasteiger partial charge in [-0.25, -0.2) is 9.79 Å². The van der Waals surface area contributed by atoms with Gasteiger partial charge in [-0.05, 0) is 47.7 Å². The van der Waals surface area contributed by atoms with Gasteiger partial charge >= 0.3 is 5.97 Å². The van der Waals surface area contributed by atoms with Crippen LogP contribution in [0.2, 0.25) is 0 Å². The molecule has 1 unspecified atom stereocenters. The Morgan fingerprint density at radius 3 is 2.55 bits per heavy atom. The molecule has 40 heavy (non-hydrogen) atoms. The summed E-state index contributed by atoms with van der Waals surface area (Å²) in [6.45, 7) is 6.47. The molecule has 0 fully saturated rings. The maximum Gasteiger partial charge on any atom is 0.338 e. The number of rotatable bonds is 10. The molecule has 0 saturated carbocycles. The molecule has 8 nitrogen and oxygen atoms in total. The minimum absolute atomic E-state index is 0.0957. The standard InChI is InChI=1S/C31H32N2O6S/c1-7-14-38-24-13-8-21(17-25(24)37-6)18-26-29(34)33-28(23-11-9-22(10-12-23)19(2)3)27(20(4)32-31(33)40-26)30(35)39-16-15-36-5/h1,8-13,17-19,28H,14-16H2,2-6H3. The molecule has 3 aromatic rings. The van der Waals surface area contributed by atoms with Gasteiger partial charge in [-0.15, -0.1) is 6.42 Å². The molecule has 4 rings (SSSR count). The van der Waals surface area contributed by atoms with Crippen LogP contribution in [0.25, 0.3) is 6.08 Å². The van der Waals surface area contributed by atoms with Crippen molar-refractivity contribution >= 4 is 23.4 Å². The highest BCUT2D eigenvalue weighted by molar-refractivity contribution is 7.07. The molecule has 0 bridgehead atoms. The fourth-order valence-electron chi connectivity index (χ4n) is 4.42. The van der Waals surface area contributed by atoms with Crippen LogP contribution in [0.5, 0.6) is 11.5 Å². The van der Waals surface area contributed by atoms with Gasteiger partial charge in [-0.2, -0.15) is 0 Å². The van der Waals surface area contributed by atoms with Gasteiger partial charge in [0.15, 0.2) is 16.3 Å². The number of nitrogens with zero attached hydrogens (tertiary/aromatic N) is 2. The second-order valence-electron chi connectivity index (χ2n) is 9.43. The number of benzene rings is 2. The number of hydrogen-bond donors (Lipinski definition) is 0. The lowest BCUT2D eigenvalue weighted by Gasteiger charge is -2.25. The Hall–Kier alpha value is -4.13. The fraction of sp³-hybridized carbons (Fsp3) is 0.323. The van der Waals surface area contributed by atoms with Gasteiger partial charge in [0.2, 0.25) is 0 Å². The number of carbonyl (C=O) groups excluding carboxylic acids is 1. The van der Waals surface area contributed by atoms with E-state index in [0.717, 1.165) is 16.7 Å². The quantitative estimate of drug-likeness (QED) is 0.214. The van der Waals surface area contributed by atoms with Gasteiger partial charge in [0, 0.05) is 7.11 Å². The van der Waals surface area contributed by atoms with E-state index in [9.17, 15) is 9.59 Å². The first-order chi connectivity index (χ1) is 19.3. The summed E-state index contributed by atoms with van der Waals surface area (Å²) in [5.41, 5.74) is 3.26. The highest BCUT2D eigenvalue weighted by Crippen LogP contribution is 2.32. The maximum absolute atomic E-state index is 13.9. The molecule has 0 N–H and O–H groups in total. The van der Waals surface area contributed by atoms with E-state index in [2.05, 4.69) is 24.8 Å². The van der Waals surface area contributed by atoms with Gasteiger partial charge in [0.05, 0.1) is 35.6 Å². The van der Waals surface area contributed by atoms with E-state index < -0.39 is 12.0 Å². The number of fused-ring (bicyclic) bond motifs is 1. The van der Waals surface area contributed by atoms with Gasteiger partial charge in [-0.3, -0.25) is 9.36 Å². The minimum Gasteiger partial charge on any atom is -0.493 e. The van der Waals surface area contributed by atoms with Crippen molar-refractivity contribution in [3.63, 3.8) is 0 Å². The zero-order valence-electron chi connectivity index (χ0n) is 23.2. The normalized spacial score (nSPS) is 14.9. The van der Waals surface area contributed by atoms with Gasteiger partial charge < -0.3 is 18.9 Å². The number of thiazole rings is 1. The van der Waals surface area contributed by atoms with E-state index >= 15 is 0 Å². The Kier molecular flexibility index (Phi) is 9.25. The lowest BCUT2D eigenvalue weighted by atomic mass is 9.93. The van der Waals surface area contributed by atoms with E-state index in [1.807, 2.05) is 30.3 Å². The van der Waals surface area contributed by atoms with Crippen molar-refractivity contribution in [2.24, 2.45) is 4.99 Å². The van der Waals surface area contributed by atoms with Crippen molar-refractivity contribution in [3.8, 4) is 23.8 Å². The third-order valence-corrected chi connectivity index (χ3v) is 7.46. The summed E-state index contributed by atoms with van der Waals surface area (Å²) in [6, 6.07) is 12.6. The molecule has 9 heteroatoms. The smallest absolute Gasteiger partial charge is 0.338 e. The molecule has 1 aliphatic rings. The number of allylic oxidation sites excluding steroid dienone is 1. The predicted octanol–water partition coefficient (Wildman–Crippen LogP) is 3.57. The lowest BCUT2D eigenvalue weighted by molar-refractivity contribution is -0.140. The van der Waals surface area contributed by atoms with Crippen molar-refractivity contribution < 1.29 is 23.7 Å². The summed E-state index contributed by atoms with van der Waals surface area (Å²) in [5, 5.41) is 0. The van der Waals surface area contributed by atoms with Gasteiger partial charge in [-0.1, -0.05) is 61.4 Å². The highest BCUT2D eigenvalue weighted by Gasteiger charge is 2.33. The Morgan fingerprint density at radius 2 is 1.90 bits per heavy atom. The van der Waals surface area contributed by atoms with Crippen LogP contribution in [-0.2, 0) is 14.3 Å². The summed E-state index contributed by atoms with van der Waals surface area (Å²) in [5.74, 6) is 3.25. The number of terminal acetylenes is 1. The molecule has 2 heterocycles. The SMILES string of the molecule is C#CCOc1ccc(C=c2sc3n(c2=O)C(c2ccc(C(C)C)cc2)C(C(=O)OCCOC)=C(C)N=3)cc1OC. The molecular weight excluding hydrogens is 528 g/mol. The summed E-state index contributed by atoms with van der Waals surface area (Å²) in [7, 11) is 3.08. The minimum atomic E-state index is -0.691. The van der Waals surface area contributed by atoms with Crippen molar-refractivity contribution in [1.29, 1.82) is 0 Å². The average molecular weight is 561 g/mol. The van der Waals surface area contributed by atoms with Crippen LogP contribution in [-0.4, -0.2) is 44.6 Å². The number of esters is 1. The van der Waals surface area contributed by atoms with Crippen LogP contribution in [0.3, 0.4) is 0 Å². The first-order valence-electron chi connectivity index (χ1n) is 12.8. The van der Waals surface area contributed by atoms with Crippen LogP contribution in [0.4, 0.5) is 0 Å². The molecule has 208 valence electrons. The van der Waals surface area contributed by atoms with Crippen LogP contribution in [0.1, 0.15) is 49.4 Å². The van der Waals surface area contributed by atoms with Crippen LogP contribution in [0.15, 0.2) is 63.5 Å². The number of aromatic nitrogens is 1. The summed E-state index contributed by atoms with van der Waals surface area (Å²) in [4.78, 5) is 32.3.